The molecule has 2 aliphatic rings. The Kier molecular flexibility index (Phi) is 6.52. The number of rotatable bonds is 8. The van der Waals surface area contributed by atoms with Crippen LogP contribution >= 0.6 is 0 Å². The van der Waals surface area contributed by atoms with Crippen LogP contribution in [0.3, 0.4) is 0 Å². The number of nitrogens with one attached hydrogen (secondary N) is 1. The summed E-state index contributed by atoms with van der Waals surface area (Å²) in [6, 6.07) is 23.0. The van der Waals surface area contributed by atoms with E-state index in [9.17, 15) is 13.2 Å². The molecule has 1 N–H and O–H groups in total. The van der Waals surface area contributed by atoms with Crippen LogP contribution in [0.25, 0.3) is 0 Å². The van der Waals surface area contributed by atoms with E-state index >= 15 is 0 Å². The second-order valence-electron chi connectivity index (χ2n) is 9.58. The van der Waals surface area contributed by atoms with E-state index in [1.807, 2.05) is 37.3 Å². The molecule has 7 heteroatoms. The molecule has 0 aliphatic heterocycles. The molecule has 1 amide bonds. The lowest BCUT2D eigenvalue weighted by atomic mass is 9.95. The number of sulfonamides is 1. The molecule has 0 heterocycles. The largest absolute Gasteiger partial charge is 0.457 e. The number of carbonyl (C=O) groups excluding carboxylic acids is 1. The SMILES string of the molecule is Cc1ccc(S(=O)(=O)N(CC(=O)N[C@H]2C[C@H]3CC[C@H]2C3)c2ccc(Oc3ccccc3)cc2)cc1. The van der Waals surface area contributed by atoms with Gasteiger partial charge in [0.05, 0.1) is 10.6 Å². The first-order chi connectivity index (χ1) is 16.9. The topological polar surface area (TPSA) is 75.7 Å². The summed E-state index contributed by atoms with van der Waals surface area (Å²) in [5.74, 6) is 2.20. The van der Waals surface area contributed by atoms with Gasteiger partial charge in [0.25, 0.3) is 10.0 Å². The van der Waals surface area contributed by atoms with Crippen molar-refractivity contribution >= 4 is 21.6 Å². The van der Waals surface area contributed by atoms with Gasteiger partial charge < -0.3 is 10.1 Å². The predicted octanol–water partition coefficient (Wildman–Crippen LogP) is 5.29. The fraction of sp³-hybridized carbons (Fsp3) is 0.321. The van der Waals surface area contributed by atoms with Crippen LogP contribution < -0.4 is 14.4 Å². The van der Waals surface area contributed by atoms with E-state index in [0.29, 0.717) is 29.0 Å². The van der Waals surface area contributed by atoms with Gasteiger partial charge in [-0.15, -0.1) is 0 Å². The molecule has 182 valence electrons. The van der Waals surface area contributed by atoms with Crippen LogP contribution in [-0.4, -0.2) is 26.9 Å². The Hall–Kier alpha value is -3.32. The summed E-state index contributed by atoms with van der Waals surface area (Å²) in [4.78, 5) is 13.2. The normalized spacial score (nSPS) is 21.0. The van der Waals surface area contributed by atoms with E-state index in [1.54, 1.807) is 48.5 Å². The van der Waals surface area contributed by atoms with Crippen LogP contribution in [0.4, 0.5) is 5.69 Å². The first-order valence-corrected chi connectivity index (χ1v) is 13.5. The van der Waals surface area contributed by atoms with Crippen LogP contribution in [-0.2, 0) is 14.8 Å². The second-order valence-corrected chi connectivity index (χ2v) is 11.4. The van der Waals surface area contributed by atoms with Crippen molar-refractivity contribution < 1.29 is 17.9 Å². The van der Waals surface area contributed by atoms with Crippen molar-refractivity contribution in [2.45, 2.75) is 43.5 Å². The van der Waals surface area contributed by atoms with Crippen molar-refractivity contribution in [1.29, 1.82) is 0 Å². The number of benzene rings is 3. The van der Waals surface area contributed by atoms with Gasteiger partial charge >= 0.3 is 0 Å². The summed E-state index contributed by atoms with van der Waals surface area (Å²) in [5, 5.41) is 3.12. The molecule has 5 rings (SSSR count). The molecule has 2 aliphatic carbocycles. The van der Waals surface area contributed by atoms with Gasteiger partial charge in [0.15, 0.2) is 0 Å². The molecule has 0 unspecified atom stereocenters. The quantitative estimate of drug-likeness (QED) is 0.466. The summed E-state index contributed by atoms with van der Waals surface area (Å²) < 4.78 is 34.3. The van der Waals surface area contributed by atoms with Gasteiger partial charge in [0, 0.05) is 6.04 Å². The van der Waals surface area contributed by atoms with E-state index in [4.69, 9.17) is 4.74 Å². The van der Waals surface area contributed by atoms with Gasteiger partial charge in [-0.2, -0.15) is 0 Å². The Morgan fingerprint density at radius 3 is 2.23 bits per heavy atom. The first-order valence-electron chi connectivity index (χ1n) is 12.1. The van der Waals surface area contributed by atoms with Crippen molar-refractivity contribution in [1.82, 2.24) is 5.32 Å². The van der Waals surface area contributed by atoms with E-state index in [0.717, 1.165) is 18.4 Å². The Morgan fingerprint density at radius 1 is 0.914 bits per heavy atom. The van der Waals surface area contributed by atoms with Crippen molar-refractivity contribution in [2.75, 3.05) is 10.8 Å². The lowest BCUT2D eigenvalue weighted by Crippen LogP contribution is -2.45. The second kappa shape index (κ2) is 9.74. The fourth-order valence-electron chi connectivity index (χ4n) is 5.26. The molecule has 0 saturated heterocycles. The van der Waals surface area contributed by atoms with Gasteiger partial charge in [0.1, 0.15) is 18.0 Å². The smallest absolute Gasteiger partial charge is 0.264 e. The molecule has 2 fully saturated rings. The molecule has 3 aromatic rings. The summed E-state index contributed by atoms with van der Waals surface area (Å²) in [7, 11) is -3.95. The molecule has 2 bridgehead atoms. The summed E-state index contributed by atoms with van der Waals surface area (Å²) in [6.07, 6.45) is 4.54. The number of carbonyl (C=O) groups is 1. The Labute approximate surface area is 207 Å². The molecule has 0 aromatic heterocycles. The Balaban J connectivity index is 1.39. The number of fused-ring (bicyclic) bond motifs is 2. The zero-order chi connectivity index (χ0) is 24.4. The van der Waals surface area contributed by atoms with E-state index in [2.05, 4.69) is 5.32 Å². The molecule has 6 nitrogen and oxygen atoms in total. The van der Waals surface area contributed by atoms with Crippen LogP contribution in [0.15, 0.2) is 83.8 Å². The van der Waals surface area contributed by atoms with Crippen LogP contribution in [0.2, 0.25) is 0 Å². The van der Waals surface area contributed by atoms with Crippen LogP contribution in [0, 0.1) is 18.8 Å². The molecule has 35 heavy (non-hydrogen) atoms. The van der Waals surface area contributed by atoms with Gasteiger partial charge in [-0.1, -0.05) is 42.3 Å². The van der Waals surface area contributed by atoms with Crippen molar-refractivity contribution in [3.05, 3.63) is 84.4 Å². The number of aryl methyl sites for hydroxylation is 1. The fourth-order valence-corrected chi connectivity index (χ4v) is 6.68. The maximum atomic E-state index is 13.6. The summed E-state index contributed by atoms with van der Waals surface area (Å²) in [5.41, 5.74) is 1.38. The monoisotopic (exact) mass is 490 g/mol. The van der Waals surface area contributed by atoms with Gasteiger partial charge in [0.2, 0.25) is 5.91 Å². The Bertz CT molecular complexity index is 1270. The van der Waals surface area contributed by atoms with Crippen molar-refractivity contribution in [2.24, 2.45) is 11.8 Å². The number of hydrogen-bond donors (Lipinski definition) is 1. The van der Waals surface area contributed by atoms with Gasteiger partial charge in [-0.25, -0.2) is 8.42 Å². The molecule has 2 saturated carbocycles. The highest BCUT2D eigenvalue weighted by atomic mass is 32.2. The molecule has 0 spiro atoms. The summed E-state index contributed by atoms with van der Waals surface area (Å²) in [6.45, 7) is 1.63. The van der Waals surface area contributed by atoms with Gasteiger partial charge in [-0.3, -0.25) is 9.10 Å². The third-order valence-corrected chi connectivity index (χ3v) is 8.87. The average molecular weight is 491 g/mol. The van der Waals surface area contributed by atoms with Crippen LogP contribution in [0.1, 0.15) is 31.2 Å². The zero-order valence-corrected chi connectivity index (χ0v) is 20.6. The average Bonchev–Trinajstić information content (AvgIpc) is 3.47. The minimum absolute atomic E-state index is 0.145. The molecule has 3 aromatic carbocycles. The minimum Gasteiger partial charge on any atom is -0.457 e. The van der Waals surface area contributed by atoms with E-state index in [1.165, 1.54) is 17.1 Å². The third-order valence-electron chi connectivity index (χ3n) is 7.08. The minimum atomic E-state index is -3.95. The number of amides is 1. The lowest BCUT2D eigenvalue weighted by Gasteiger charge is -2.27. The highest BCUT2D eigenvalue weighted by Crippen LogP contribution is 2.44. The predicted molar refractivity (Wildman–Crippen MR) is 136 cm³/mol. The molecular weight excluding hydrogens is 460 g/mol. The molecule has 0 radical (unpaired) electrons. The van der Waals surface area contributed by atoms with Crippen molar-refractivity contribution in [3.63, 3.8) is 0 Å². The van der Waals surface area contributed by atoms with Gasteiger partial charge in [-0.05, 0) is 86.6 Å². The third kappa shape index (κ3) is 5.20. The summed E-state index contributed by atoms with van der Waals surface area (Å²) >= 11 is 0. The molecular formula is C28H30N2O4S. The highest BCUT2D eigenvalue weighted by molar-refractivity contribution is 7.92. The number of ether oxygens (including phenoxy) is 1. The van der Waals surface area contributed by atoms with Crippen LogP contribution in [0.5, 0.6) is 11.5 Å². The maximum Gasteiger partial charge on any atom is 0.264 e. The zero-order valence-electron chi connectivity index (χ0n) is 19.8. The number of anilines is 1. The van der Waals surface area contributed by atoms with E-state index in [-0.39, 0.29) is 23.4 Å². The molecule has 3 atom stereocenters. The highest BCUT2D eigenvalue weighted by Gasteiger charge is 2.40. The number of nitrogens with zero attached hydrogens (tertiary/aromatic N) is 1. The lowest BCUT2D eigenvalue weighted by molar-refractivity contribution is -0.120. The van der Waals surface area contributed by atoms with Crippen molar-refractivity contribution in [3.8, 4) is 11.5 Å². The number of para-hydroxylation sites is 1. The Morgan fingerprint density at radius 2 is 1.60 bits per heavy atom. The standard InChI is InChI=1S/C28H30N2O4S/c1-20-7-15-26(16-8-20)35(32,33)30(19-28(31)29-27-18-21-9-10-22(27)17-21)23-11-13-25(14-12-23)34-24-5-3-2-4-6-24/h2-8,11-16,21-22,27H,9-10,17-19H2,1H3,(H,29,31)/t21-,22-,27-/m0/s1. The number of hydrogen-bond acceptors (Lipinski definition) is 4. The maximum absolute atomic E-state index is 13.6. The first kappa shape index (κ1) is 23.4. The van der Waals surface area contributed by atoms with E-state index < -0.39 is 10.0 Å².